The topological polar surface area (TPSA) is 138 Å². The average molecular weight is 458 g/mol. The van der Waals surface area contributed by atoms with E-state index < -0.39 is 27.1 Å². The molecule has 0 spiro atoms. The summed E-state index contributed by atoms with van der Waals surface area (Å²) in [4.78, 5) is 40.4. The number of ether oxygens (including phenoxy) is 2. The van der Waals surface area contributed by atoms with E-state index in [0.717, 1.165) is 35.7 Å². The lowest BCUT2D eigenvalue weighted by Crippen LogP contribution is -2.37. The molecule has 12 heteroatoms. The Labute approximate surface area is 185 Å². The summed E-state index contributed by atoms with van der Waals surface area (Å²) in [5.41, 5.74) is -0.670. The fraction of sp³-hybridized carbons (Fsp3) is 0.300. The zero-order valence-electron chi connectivity index (χ0n) is 16.9. The average Bonchev–Trinajstić information content (AvgIpc) is 3.45. The Bertz CT molecular complexity index is 1170. The third-order valence-electron chi connectivity index (χ3n) is 5.05. The molecule has 1 unspecified atom stereocenters. The number of nitro groups is 2. The summed E-state index contributed by atoms with van der Waals surface area (Å²) < 4.78 is 11.8. The zero-order chi connectivity index (χ0) is 22.8. The largest absolute Gasteiger partial charge is 0.494 e. The number of hydrogen-bond acceptors (Lipinski definition) is 9. The number of aromatic nitrogens is 1. The number of non-ortho nitro benzene ring substituents is 2. The number of benzene rings is 2. The first kappa shape index (κ1) is 21.6. The Morgan fingerprint density at radius 1 is 1.25 bits per heavy atom. The van der Waals surface area contributed by atoms with E-state index in [1.807, 2.05) is 6.07 Å². The third kappa shape index (κ3) is 4.22. The second-order valence-corrected chi connectivity index (χ2v) is 8.12. The van der Waals surface area contributed by atoms with Crippen molar-refractivity contribution in [3.63, 3.8) is 0 Å². The lowest BCUT2D eigenvalue weighted by Gasteiger charge is -2.23. The van der Waals surface area contributed by atoms with Crippen LogP contribution in [-0.2, 0) is 4.74 Å². The molecule has 0 aliphatic carbocycles. The van der Waals surface area contributed by atoms with E-state index >= 15 is 0 Å². The first-order chi connectivity index (χ1) is 15.4. The van der Waals surface area contributed by atoms with Crippen LogP contribution in [0.3, 0.4) is 0 Å². The highest BCUT2D eigenvalue weighted by molar-refractivity contribution is 7.22. The van der Waals surface area contributed by atoms with Gasteiger partial charge < -0.3 is 9.47 Å². The first-order valence-corrected chi connectivity index (χ1v) is 10.5. The van der Waals surface area contributed by atoms with Crippen molar-refractivity contribution in [3.05, 3.63) is 62.2 Å². The van der Waals surface area contributed by atoms with E-state index in [0.29, 0.717) is 23.0 Å². The Hall–Kier alpha value is -3.64. The number of para-hydroxylation sites is 1. The molecule has 166 valence electrons. The quantitative estimate of drug-likeness (QED) is 0.383. The van der Waals surface area contributed by atoms with E-state index in [2.05, 4.69) is 4.98 Å². The zero-order valence-corrected chi connectivity index (χ0v) is 17.7. The van der Waals surface area contributed by atoms with E-state index in [-0.39, 0.29) is 18.2 Å². The number of fused-ring (bicyclic) bond motifs is 1. The summed E-state index contributed by atoms with van der Waals surface area (Å²) in [6, 6.07) is 8.29. The standard InChI is InChI=1S/C20H18N4O7S/c1-30-16-5-2-6-17-18(16)21-20(32-17)22(11-15-4-3-7-31-15)19(25)12-8-13(23(26)27)10-14(9-12)24(28)29/h2,5-6,8-10,15H,3-4,7,11H2,1H3. The molecule has 0 bridgehead atoms. The highest BCUT2D eigenvalue weighted by Gasteiger charge is 2.30. The number of nitro benzene ring substituents is 2. The normalized spacial score (nSPS) is 15.6. The molecule has 1 aliphatic heterocycles. The Balaban J connectivity index is 1.79. The molecule has 1 amide bonds. The van der Waals surface area contributed by atoms with Gasteiger partial charge in [0.2, 0.25) is 0 Å². The minimum Gasteiger partial charge on any atom is -0.494 e. The van der Waals surface area contributed by atoms with Crippen LogP contribution in [0.4, 0.5) is 16.5 Å². The number of hydrogen-bond donors (Lipinski definition) is 0. The number of carbonyl (C=O) groups is 1. The molecule has 2 aromatic carbocycles. The van der Waals surface area contributed by atoms with Crippen LogP contribution < -0.4 is 9.64 Å². The van der Waals surface area contributed by atoms with Crippen molar-refractivity contribution in [2.75, 3.05) is 25.2 Å². The maximum Gasteiger partial charge on any atom is 0.277 e. The highest BCUT2D eigenvalue weighted by atomic mass is 32.1. The summed E-state index contributed by atoms with van der Waals surface area (Å²) >= 11 is 1.25. The van der Waals surface area contributed by atoms with Crippen LogP contribution in [0.1, 0.15) is 23.2 Å². The predicted octanol–water partition coefficient (Wildman–Crippen LogP) is 3.95. The number of thiazole rings is 1. The molecular weight excluding hydrogens is 440 g/mol. The number of carbonyl (C=O) groups excluding carboxylic acids is 1. The molecular formula is C20H18N4O7S. The molecule has 0 N–H and O–H groups in total. The first-order valence-electron chi connectivity index (χ1n) is 9.68. The van der Waals surface area contributed by atoms with Gasteiger partial charge >= 0.3 is 0 Å². The molecule has 1 saturated heterocycles. The molecule has 1 fully saturated rings. The number of anilines is 1. The van der Waals surface area contributed by atoms with Crippen LogP contribution in [-0.4, -0.2) is 47.1 Å². The molecule has 32 heavy (non-hydrogen) atoms. The minimum atomic E-state index is -0.767. The Morgan fingerprint density at radius 3 is 2.56 bits per heavy atom. The van der Waals surface area contributed by atoms with Gasteiger partial charge in [0.15, 0.2) is 5.13 Å². The van der Waals surface area contributed by atoms with Crippen molar-refractivity contribution in [1.29, 1.82) is 0 Å². The smallest absolute Gasteiger partial charge is 0.277 e. The summed E-state index contributed by atoms with van der Waals surface area (Å²) in [6.07, 6.45) is 1.36. The number of rotatable bonds is 7. The van der Waals surface area contributed by atoms with Crippen molar-refractivity contribution in [2.45, 2.75) is 18.9 Å². The molecule has 0 saturated carbocycles. The van der Waals surface area contributed by atoms with Gasteiger partial charge in [0.25, 0.3) is 17.3 Å². The van der Waals surface area contributed by atoms with E-state index in [4.69, 9.17) is 9.47 Å². The second-order valence-electron chi connectivity index (χ2n) is 7.11. The summed E-state index contributed by atoms with van der Waals surface area (Å²) in [5, 5.41) is 22.9. The summed E-state index contributed by atoms with van der Waals surface area (Å²) in [7, 11) is 1.52. The number of amides is 1. The van der Waals surface area contributed by atoms with Crippen LogP contribution in [0.25, 0.3) is 10.2 Å². The van der Waals surface area contributed by atoms with Crippen molar-refractivity contribution >= 4 is 44.0 Å². The Morgan fingerprint density at radius 2 is 1.97 bits per heavy atom. The van der Waals surface area contributed by atoms with Gasteiger partial charge in [0.1, 0.15) is 11.3 Å². The molecule has 1 aliphatic rings. The van der Waals surface area contributed by atoms with Gasteiger partial charge in [-0.25, -0.2) is 4.98 Å². The highest BCUT2D eigenvalue weighted by Crippen LogP contribution is 2.35. The fourth-order valence-electron chi connectivity index (χ4n) is 3.52. The lowest BCUT2D eigenvalue weighted by atomic mass is 10.1. The maximum absolute atomic E-state index is 13.5. The van der Waals surface area contributed by atoms with Gasteiger partial charge in [-0.05, 0) is 25.0 Å². The number of nitrogens with zero attached hydrogens (tertiary/aromatic N) is 4. The maximum atomic E-state index is 13.5. The molecule has 1 atom stereocenters. The van der Waals surface area contributed by atoms with Crippen molar-refractivity contribution in [3.8, 4) is 5.75 Å². The Kier molecular flexibility index (Phi) is 5.97. The van der Waals surface area contributed by atoms with Gasteiger partial charge in [0.05, 0.1) is 45.9 Å². The molecule has 1 aromatic heterocycles. The molecule has 3 aromatic rings. The van der Waals surface area contributed by atoms with E-state index in [1.165, 1.54) is 23.3 Å². The van der Waals surface area contributed by atoms with Crippen LogP contribution in [0.15, 0.2) is 36.4 Å². The van der Waals surface area contributed by atoms with Crippen LogP contribution in [0.5, 0.6) is 5.75 Å². The second kappa shape index (κ2) is 8.85. The summed E-state index contributed by atoms with van der Waals surface area (Å²) in [5.74, 6) is -0.0918. The summed E-state index contributed by atoms with van der Waals surface area (Å²) in [6.45, 7) is 0.736. The van der Waals surface area contributed by atoms with Crippen LogP contribution >= 0.6 is 11.3 Å². The monoisotopic (exact) mass is 458 g/mol. The van der Waals surface area contributed by atoms with Crippen LogP contribution in [0, 0.1) is 20.2 Å². The van der Waals surface area contributed by atoms with Gasteiger partial charge in [-0.2, -0.15) is 0 Å². The van der Waals surface area contributed by atoms with Crippen molar-refractivity contribution in [1.82, 2.24) is 4.98 Å². The van der Waals surface area contributed by atoms with Gasteiger partial charge in [-0.15, -0.1) is 0 Å². The third-order valence-corrected chi connectivity index (χ3v) is 6.09. The predicted molar refractivity (Wildman–Crippen MR) is 117 cm³/mol. The van der Waals surface area contributed by atoms with E-state index in [9.17, 15) is 25.0 Å². The molecule has 4 rings (SSSR count). The SMILES string of the molecule is COc1cccc2sc(N(CC3CCCO3)C(=O)c3cc([N+](=O)[O-])cc([N+](=O)[O-])c3)nc12. The van der Waals surface area contributed by atoms with Gasteiger partial charge in [-0.3, -0.25) is 29.9 Å². The lowest BCUT2D eigenvalue weighted by molar-refractivity contribution is -0.394. The van der Waals surface area contributed by atoms with E-state index in [1.54, 1.807) is 12.1 Å². The van der Waals surface area contributed by atoms with Gasteiger partial charge in [-0.1, -0.05) is 17.4 Å². The van der Waals surface area contributed by atoms with Crippen molar-refractivity contribution < 1.29 is 24.1 Å². The van der Waals surface area contributed by atoms with Crippen LogP contribution in [0.2, 0.25) is 0 Å². The fourth-order valence-corrected chi connectivity index (χ4v) is 4.51. The number of methoxy groups -OCH3 is 1. The molecule has 2 heterocycles. The molecule has 0 radical (unpaired) electrons. The van der Waals surface area contributed by atoms with Gasteiger partial charge in [0, 0.05) is 18.7 Å². The molecule has 11 nitrogen and oxygen atoms in total. The minimum absolute atomic E-state index is 0.164. The van der Waals surface area contributed by atoms with Crippen molar-refractivity contribution in [2.24, 2.45) is 0 Å².